The minimum Gasteiger partial charge on any atom is -0.397 e. The highest BCUT2D eigenvalue weighted by Gasteiger charge is 2.07. The number of hydrogen-bond donors (Lipinski definition) is 2. The van der Waals surface area contributed by atoms with Crippen molar-refractivity contribution in [3.63, 3.8) is 0 Å². The summed E-state index contributed by atoms with van der Waals surface area (Å²) in [5.74, 6) is -0.694. The van der Waals surface area contributed by atoms with E-state index in [2.05, 4.69) is 5.32 Å². The van der Waals surface area contributed by atoms with Crippen molar-refractivity contribution in [2.45, 2.75) is 20.3 Å². The Kier molecular flexibility index (Phi) is 4.05. The second-order valence-electron chi connectivity index (χ2n) is 3.48. The van der Waals surface area contributed by atoms with E-state index in [4.69, 9.17) is 5.73 Å². The predicted molar refractivity (Wildman–Crippen MR) is 63.5 cm³/mol. The Bertz CT molecular complexity index is 427. The van der Waals surface area contributed by atoms with Gasteiger partial charge in [0, 0.05) is 5.57 Å². The number of nitrogens with one attached hydrogen (secondary N) is 1. The number of allylic oxidation sites excluding steroid dienone is 1. The maximum absolute atomic E-state index is 12.9. The molecule has 0 aromatic heterocycles. The Morgan fingerprint density at radius 1 is 1.56 bits per heavy atom. The van der Waals surface area contributed by atoms with Crippen molar-refractivity contribution >= 4 is 17.3 Å². The second kappa shape index (κ2) is 5.30. The van der Waals surface area contributed by atoms with E-state index in [1.165, 1.54) is 18.2 Å². The van der Waals surface area contributed by atoms with Gasteiger partial charge in [0.05, 0.1) is 11.4 Å². The van der Waals surface area contributed by atoms with Crippen LogP contribution in [-0.2, 0) is 4.79 Å². The Labute approximate surface area is 94.1 Å². The van der Waals surface area contributed by atoms with Crippen LogP contribution >= 0.6 is 0 Å². The van der Waals surface area contributed by atoms with Gasteiger partial charge in [0.15, 0.2) is 0 Å². The summed E-state index contributed by atoms with van der Waals surface area (Å²) in [5, 5.41) is 2.56. The maximum Gasteiger partial charge on any atom is 0.251 e. The lowest BCUT2D eigenvalue weighted by Crippen LogP contribution is -2.14. The molecular weight excluding hydrogens is 207 g/mol. The zero-order chi connectivity index (χ0) is 12.1. The maximum atomic E-state index is 12.9. The van der Waals surface area contributed by atoms with E-state index < -0.39 is 5.82 Å². The Balaban J connectivity index is 2.84. The van der Waals surface area contributed by atoms with Crippen LogP contribution < -0.4 is 11.1 Å². The van der Waals surface area contributed by atoms with Crippen molar-refractivity contribution in [2.24, 2.45) is 0 Å². The number of anilines is 2. The molecule has 1 aromatic rings. The SMILES string of the molecule is CCC=C(C)C(=O)Nc1cc(F)ccc1N. The third-order valence-electron chi connectivity index (χ3n) is 2.13. The second-order valence-corrected chi connectivity index (χ2v) is 3.48. The Hall–Kier alpha value is -1.84. The average molecular weight is 222 g/mol. The van der Waals surface area contributed by atoms with E-state index >= 15 is 0 Å². The molecule has 0 fully saturated rings. The summed E-state index contributed by atoms with van der Waals surface area (Å²) in [6.07, 6.45) is 2.57. The van der Waals surface area contributed by atoms with Crippen LogP contribution in [0.25, 0.3) is 0 Å². The van der Waals surface area contributed by atoms with Gasteiger partial charge < -0.3 is 11.1 Å². The normalized spacial score (nSPS) is 11.3. The molecule has 0 unspecified atom stereocenters. The molecule has 0 saturated heterocycles. The van der Waals surface area contributed by atoms with E-state index in [1.807, 2.05) is 6.92 Å². The van der Waals surface area contributed by atoms with E-state index in [1.54, 1.807) is 13.0 Å². The molecule has 3 N–H and O–H groups in total. The average Bonchev–Trinajstić information content (AvgIpc) is 2.23. The fourth-order valence-electron chi connectivity index (χ4n) is 1.26. The molecular formula is C12H15FN2O. The first-order chi connectivity index (χ1) is 7.54. The number of halogens is 1. The van der Waals surface area contributed by atoms with Crippen LogP contribution in [0.1, 0.15) is 20.3 Å². The van der Waals surface area contributed by atoms with Crippen LogP contribution in [0.5, 0.6) is 0 Å². The zero-order valence-corrected chi connectivity index (χ0v) is 9.38. The molecule has 0 saturated carbocycles. The molecule has 0 spiro atoms. The van der Waals surface area contributed by atoms with Gasteiger partial charge in [-0.3, -0.25) is 4.79 Å². The van der Waals surface area contributed by atoms with Crippen LogP contribution in [-0.4, -0.2) is 5.91 Å². The number of carbonyl (C=O) groups is 1. The number of amides is 1. The molecule has 1 amide bonds. The van der Waals surface area contributed by atoms with Crippen molar-refractivity contribution < 1.29 is 9.18 Å². The lowest BCUT2D eigenvalue weighted by Gasteiger charge is -2.08. The van der Waals surface area contributed by atoms with Crippen LogP contribution in [0, 0.1) is 5.82 Å². The van der Waals surface area contributed by atoms with Gasteiger partial charge in [-0.2, -0.15) is 0 Å². The number of rotatable bonds is 3. The molecule has 0 aliphatic rings. The summed E-state index contributed by atoms with van der Waals surface area (Å²) in [5.41, 5.74) is 6.85. The fraction of sp³-hybridized carbons (Fsp3) is 0.250. The smallest absolute Gasteiger partial charge is 0.251 e. The summed E-state index contributed by atoms with van der Waals surface area (Å²) < 4.78 is 12.9. The van der Waals surface area contributed by atoms with Crippen molar-refractivity contribution in [3.05, 3.63) is 35.7 Å². The van der Waals surface area contributed by atoms with Gasteiger partial charge in [-0.15, -0.1) is 0 Å². The number of nitrogen functional groups attached to an aromatic ring is 1. The Morgan fingerprint density at radius 3 is 2.88 bits per heavy atom. The Morgan fingerprint density at radius 2 is 2.25 bits per heavy atom. The molecule has 16 heavy (non-hydrogen) atoms. The van der Waals surface area contributed by atoms with E-state index in [9.17, 15) is 9.18 Å². The topological polar surface area (TPSA) is 55.1 Å². The highest BCUT2D eigenvalue weighted by atomic mass is 19.1. The molecule has 0 atom stereocenters. The van der Waals surface area contributed by atoms with E-state index in [0.29, 0.717) is 16.9 Å². The molecule has 3 nitrogen and oxygen atoms in total. The highest BCUT2D eigenvalue weighted by molar-refractivity contribution is 6.04. The standard InChI is InChI=1S/C12H15FN2O/c1-3-4-8(2)12(16)15-11-7-9(13)5-6-10(11)14/h4-7H,3,14H2,1-2H3,(H,15,16). The quantitative estimate of drug-likeness (QED) is 0.610. The lowest BCUT2D eigenvalue weighted by atomic mass is 10.2. The number of benzene rings is 1. The summed E-state index contributed by atoms with van der Waals surface area (Å²) >= 11 is 0. The van der Waals surface area contributed by atoms with Gasteiger partial charge in [0.25, 0.3) is 5.91 Å². The van der Waals surface area contributed by atoms with Crippen LogP contribution in [0.3, 0.4) is 0 Å². The minimum absolute atomic E-state index is 0.265. The summed E-state index contributed by atoms with van der Waals surface area (Å²) in [4.78, 5) is 11.6. The van der Waals surface area contributed by atoms with E-state index in [-0.39, 0.29) is 5.91 Å². The molecule has 0 bridgehead atoms. The molecule has 0 aliphatic heterocycles. The van der Waals surface area contributed by atoms with Gasteiger partial charge >= 0.3 is 0 Å². The molecule has 1 rings (SSSR count). The minimum atomic E-state index is -0.429. The molecule has 0 radical (unpaired) electrons. The van der Waals surface area contributed by atoms with Gasteiger partial charge in [-0.05, 0) is 31.5 Å². The fourth-order valence-corrected chi connectivity index (χ4v) is 1.26. The van der Waals surface area contributed by atoms with Crippen LogP contribution in [0.4, 0.5) is 15.8 Å². The third-order valence-corrected chi connectivity index (χ3v) is 2.13. The van der Waals surface area contributed by atoms with Gasteiger partial charge in [-0.1, -0.05) is 13.0 Å². The largest absolute Gasteiger partial charge is 0.397 e. The molecule has 1 aromatic carbocycles. The number of carbonyl (C=O) groups excluding carboxylic acids is 1. The summed E-state index contributed by atoms with van der Waals surface area (Å²) in [6, 6.07) is 3.87. The van der Waals surface area contributed by atoms with Crippen LogP contribution in [0.2, 0.25) is 0 Å². The first-order valence-corrected chi connectivity index (χ1v) is 5.07. The first-order valence-electron chi connectivity index (χ1n) is 5.07. The van der Waals surface area contributed by atoms with Gasteiger partial charge in [0.2, 0.25) is 0 Å². The summed E-state index contributed by atoms with van der Waals surface area (Å²) in [6.45, 7) is 3.64. The van der Waals surface area contributed by atoms with E-state index in [0.717, 1.165) is 6.42 Å². The molecule has 4 heteroatoms. The van der Waals surface area contributed by atoms with Gasteiger partial charge in [-0.25, -0.2) is 4.39 Å². The van der Waals surface area contributed by atoms with Crippen molar-refractivity contribution in [3.8, 4) is 0 Å². The number of nitrogens with two attached hydrogens (primary N) is 1. The van der Waals surface area contributed by atoms with Crippen molar-refractivity contribution in [1.82, 2.24) is 0 Å². The lowest BCUT2D eigenvalue weighted by molar-refractivity contribution is -0.112. The number of hydrogen-bond acceptors (Lipinski definition) is 2. The first kappa shape index (κ1) is 12.2. The predicted octanol–water partition coefficient (Wildman–Crippen LogP) is 2.70. The zero-order valence-electron chi connectivity index (χ0n) is 9.38. The third kappa shape index (κ3) is 3.08. The van der Waals surface area contributed by atoms with Crippen molar-refractivity contribution in [1.29, 1.82) is 0 Å². The van der Waals surface area contributed by atoms with Crippen molar-refractivity contribution in [2.75, 3.05) is 11.1 Å². The molecule has 0 heterocycles. The van der Waals surface area contributed by atoms with Gasteiger partial charge in [0.1, 0.15) is 5.82 Å². The molecule has 0 aliphatic carbocycles. The molecule has 86 valence electrons. The monoisotopic (exact) mass is 222 g/mol. The van der Waals surface area contributed by atoms with Crippen LogP contribution in [0.15, 0.2) is 29.8 Å². The summed E-state index contributed by atoms with van der Waals surface area (Å²) in [7, 11) is 0. The highest BCUT2D eigenvalue weighted by Crippen LogP contribution is 2.19.